The quantitative estimate of drug-likeness (QED) is 0.440. The third kappa shape index (κ3) is 6.46. The number of carbonyl (C=O) groups excluding carboxylic acids is 2. The summed E-state index contributed by atoms with van der Waals surface area (Å²) in [4.78, 5) is 25.0. The van der Waals surface area contributed by atoms with Gasteiger partial charge >= 0.3 is 12.1 Å². The zero-order valence-corrected chi connectivity index (χ0v) is 15.1. The first-order chi connectivity index (χ1) is 11.9. The van der Waals surface area contributed by atoms with Gasteiger partial charge in [0, 0.05) is 13.6 Å². The van der Waals surface area contributed by atoms with Crippen molar-refractivity contribution in [3.05, 3.63) is 41.2 Å². The summed E-state index contributed by atoms with van der Waals surface area (Å²) >= 11 is 0. The number of aliphatic hydroxyl groups excluding tert-OH is 1. The van der Waals surface area contributed by atoms with Crippen LogP contribution < -0.4 is 4.74 Å². The lowest BCUT2D eigenvalue weighted by molar-refractivity contribution is -0.138. The van der Waals surface area contributed by atoms with E-state index < -0.39 is 12.1 Å². The Bertz CT molecular complexity index is 626. The predicted octanol–water partition coefficient (Wildman–Crippen LogP) is 2.40. The number of aliphatic hydroxyl groups is 1. The Balaban J connectivity index is 2.83. The maximum Gasteiger partial charge on any atom is 0.409 e. The molecule has 1 aromatic rings. The SMILES string of the molecule is CCCN(C)C(=O)OCc1ccc(C)c(O/C(=C\CO)C(=O)OC)c1. The summed E-state index contributed by atoms with van der Waals surface area (Å²) < 4.78 is 15.4. The Morgan fingerprint density at radius 1 is 1.32 bits per heavy atom. The fourth-order valence-corrected chi connectivity index (χ4v) is 1.99. The number of carbonyl (C=O) groups is 2. The van der Waals surface area contributed by atoms with E-state index >= 15 is 0 Å². The van der Waals surface area contributed by atoms with E-state index in [2.05, 4.69) is 4.74 Å². The molecular formula is C18H25NO6. The van der Waals surface area contributed by atoms with Gasteiger partial charge in [0.1, 0.15) is 12.4 Å². The van der Waals surface area contributed by atoms with E-state index in [9.17, 15) is 9.59 Å². The molecule has 1 rings (SSSR count). The summed E-state index contributed by atoms with van der Waals surface area (Å²) in [5.74, 6) is -0.378. The fraction of sp³-hybridized carbons (Fsp3) is 0.444. The lowest BCUT2D eigenvalue weighted by Crippen LogP contribution is -2.27. The van der Waals surface area contributed by atoms with Crippen LogP contribution in [0.15, 0.2) is 30.0 Å². The Morgan fingerprint density at radius 2 is 2.04 bits per heavy atom. The topological polar surface area (TPSA) is 85.3 Å². The summed E-state index contributed by atoms with van der Waals surface area (Å²) in [5, 5.41) is 9.00. The Labute approximate surface area is 147 Å². The standard InChI is InChI=1S/C18H25NO6/c1-5-9-19(3)18(22)24-12-14-7-6-13(2)16(11-14)25-15(8-10-20)17(21)23-4/h6-8,11,20H,5,9-10,12H2,1-4H3/b15-8-. The second kappa shape index (κ2) is 10.4. The second-order valence-corrected chi connectivity index (χ2v) is 5.42. The maximum absolute atomic E-state index is 11.8. The molecule has 0 saturated carbocycles. The first-order valence-corrected chi connectivity index (χ1v) is 7.97. The van der Waals surface area contributed by atoms with E-state index in [1.165, 1.54) is 18.1 Å². The van der Waals surface area contributed by atoms with Gasteiger partial charge in [-0.1, -0.05) is 19.1 Å². The first-order valence-electron chi connectivity index (χ1n) is 7.97. The van der Waals surface area contributed by atoms with Crippen molar-refractivity contribution in [1.29, 1.82) is 0 Å². The molecule has 0 aliphatic carbocycles. The van der Waals surface area contributed by atoms with E-state index in [1.54, 1.807) is 19.2 Å². The highest BCUT2D eigenvalue weighted by Gasteiger charge is 2.14. The molecule has 1 amide bonds. The summed E-state index contributed by atoms with van der Waals surface area (Å²) in [6.45, 7) is 4.14. The third-order valence-corrected chi connectivity index (χ3v) is 3.37. The highest BCUT2D eigenvalue weighted by molar-refractivity contribution is 5.86. The van der Waals surface area contributed by atoms with E-state index in [0.717, 1.165) is 12.0 Å². The minimum Gasteiger partial charge on any atom is -0.463 e. The molecule has 0 unspecified atom stereocenters. The molecule has 0 aliphatic heterocycles. The van der Waals surface area contributed by atoms with Gasteiger partial charge in [-0.3, -0.25) is 0 Å². The second-order valence-electron chi connectivity index (χ2n) is 5.42. The van der Waals surface area contributed by atoms with E-state index in [4.69, 9.17) is 14.6 Å². The largest absolute Gasteiger partial charge is 0.463 e. The fourth-order valence-electron chi connectivity index (χ4n) is 1.99. The van der Waals surface area contributed by atoms with E-state index in [-0.39, 0.29) is 19.0 Å². The smallest absolute Gasteiger partial charge is 0.409 e. The monoisotopic (exact) mass is 351 g/mol. The van der Waals surface area contributed by atoms with Crippen molar-refractivity contribution < 1.29 is 28.9 Å². The Morgan fingerprint density at radius 3 is 2.64 bits per heavy atom. The Hall–Kier alpha value is -2.54. The minimum atomic E-state index is -0.688. The number of hydrogen-bond acceptors (Lipinski definition) is 6. The van der Waals surface area contributed by atoms with Crippen LogP contribution in [0.2, 0.25) is 0 Å². The first kappa shape index (κ1) is 20.5. The summed E-state index contributed by atoms with van der Waals surface area (Å²) in [5.41, 5.74) is 1.50. The lowest BCUT2D eigenvalue weighted by atomic mass is 10.1. The zero-order valence-electron chi connectivity index (χ0n) is 15.1. The van der Waals surface area contributed by atoms with Gasteiger partial charge in [0.05, 0.1) is 13.7 Å². The molecule has 0 atom stereocenters. The van der Waals surface area contributed by atoms with Crippen molar-refractivity contribution in [2.45, 2.75) is 26.9 Å². The number of nitrogens with zero attached hydrogens (tertiary/aromatic N) is 1. The van der Waals surface area contributed by atoms with Crippen molar-refractivity contribution in [3.63, 3.8) is 0 Å². The number of esters is 1. The molecule has 138 valence electrons. The molecule has 0 heterocycles. The van der Waals surface area contributed by atoms with Crippen molar-refractivity contribution in [2.24, 2.45) is 0 Å². The van der Waals surface area contributed by atoms with E-state index in [1.807, 2.05) is 19.9 Å². The highest BCUT2D eigenvalue weighted by Crippen LogP contribution is 2.23. The number of hydrogen-bond donors (Lipinski definition) is 1. The molecular weight excluding hydrogens is 326 g/mol. The number of benzene rings is 1. The van der Waals surface area contributed by atoms with Gasteiger partial charge in [-0.2, -0.15) is 0 Å². The molecule has 0 aromatic heterocycles. The van der Waals surface area contributed by atoms with Crippen molar-refractivity contribution in [1.82, 2.24) is 4.90 Å². The van der Waals surface area contributed by atoms with Crippen LogP contribution in [0.1, 0.15) is 24.5 Å². The normalized spacial score (nSPS) is 11.0. The lowest BCUT2D eigenvalue weighted by Gasteiger charge is -2.16. The molecule has 0 saturated heterocycles. The van der Waals surface area contributed by atoms with Gasteiger partial charge < -0.3 is 24.2 Å². The summed E-state index contributed by atoms with van der Waals surface area (Å²) in [6, 6.07) is 5.28. The molecule has 0 bridgehead atoms. The van der Waals surface area contributed by atoms with Crippen molar-refractivity contribution in [3.8, 4) is 5.75 Å². The average Bonchev–Trinajstić information content (AvgIpc) is 2.60. The molecule has 1 N–H and O–H groups in total. The van der Waals surface area contributed by atoms with Gasteiger partial charge in [-0.25, -0.2) is 9.59 Å². The molecule has 25 heavy (non-hydrogen) atoms. The van der Waals surface area contributed by atoms with Gasteiger partial charge in [0.2, 0.25) is 5.76 Å². The minimum absolute atomic E-state index is 0.0841. The van der Waals surface area contributed by atoms with Crippen molar-refractivity contribution >= 4 is 12.1 Å². The molecule has 0 radical (unpaired) electrons. The van der Waals surface area contributed by atoms with E-state index in [0.29, 0.717) is 17.9 Å². The zero-order chi connectivity index (χ0) is 18.8. The molecule has 0 fully saturated rings. The number of ether oxygens (including phenoxy) is 3. The maximum atomic E-state index is 11.8. The van der Waals surface area contributed by atoms with Crippen LogP contribution in [-0.4, -0.2) is 49.4 Å². The van der Waals surface area contributed by atoms with Gasteiger partial charge in [0.15, 0.2) is 0 Å². The van der Waals surface area contributed by atoms with Crippen LogP contribution in [0, 0.1) is 6.92 Å². The van der Waals surface area contributed by atoms with Crippen LogP contribution in [0.4, 0.5) is 4.79 Å². The van der Waals surface area contributed by atoms with Crippen LogP contribution in [0.25, 0.3) is 0 Å². The number of rotatable bonds is 8. The third-order valence-electron chi connectivity index (χ3n) is 3.37. The number of aryl methyl sites for hydroxylation is 1. The number of amides is 1. The van der Waals surface area contributed by atoms with Crippen LogP contribution >= 0.6 is 0 Å². The molecule has 7 nitrogen and oxygen atoms in total. The van der Waals surface area contributed by atoms with Crippen LogP contribution in [0.3, 0.4) is 0 Å². The Kier molecular flexibility index (Phi) is 8.49. The molecule has 0 aliphatic rings. The highest BCUT2D eigenvalue weighted by atomic mass is 16.6. The summed E-state index contributed by atoms with van der Waals surface area (Å²) in [7, 11) is 2.91. The average molecular weight is 351 g/mol. The van der Waals surface area contributed by atoms with Gasteiger partial charge in [-0.05, 0) is 36.6 Å². The van der Waals surface area contributed by atoms with Gasteiger partial charge in [-0.15, -0.1) is 0 Å². The molecule has 7 heteroatoms. The predicted molar refractivity (Wildman–Crippen MR) is 92.1 cm³/mol. The summed E-state index contributed by atoms with van der Waals surface area (Å²) in [6.07, 6.45) is 1.67. The van der Waals surface area contributed by atoms with Gasteiger partial charge in [0.25, 0.3) is 0 Å². The molecule has 0 spiro atoms. The van der Waals surface area contributed by atoms with Crippen LogP contribution in [0.5, 0.6) is 5.75 Å². The molecule has 1 aromatic carbocycles. The number of methoxy groups -OCH3 is 1. The van der Waals surface area contributed by atoms with Crippen molar-refractivity contribution in [2.75, 3.05) is 27.3 Å². The van der Waals surface area contributed by atoms with Crippen LogP contribution in [-0.2, 0) is 20.9 Å².